The van der Waals surface area contributed by atoms with E-state index in [1.165, 1.54) is 19.4 Å². The van der Waals surface area contributed by atoms with Crippen LogP contribution in [0, 0.1) is 0 Å². The minimum absolute atomic E-state index is 1.10. The lowest BCUT2D eigenvalue weighted by molar-refractivity contribution is -0.870. The number of unbranched alkanes of at least 4 members (excludes halogenated alkanes) is 1. The molecule has 13 heavy (non-hydrogen) atoms. The molecule has 0 saturated carbocycles. The molecule has 0 bridgehead atoms. The molecule has 0 saturated heterocycles. The predicted octanol–water partition coefficient (Wildman–Crippen LogP) is 0.840. The van der Waals surface area contributed by atoms with E-state index in [1.54, 1.807) is 0 Å². The van der Waals surface area contributed by atoms with E-state index in [2.05, 4.69) is 28.1 Å². The quantitative estimate of drug-likeness (QED) is 0.539. The van der Waals surface area contributed by atoms with Crippen LogP contribution in [0.5, 0.6) is 0 Å². The molecule has 0 fully saturated rings. The molecular weight excluding hydrogens is 194 g/mol. The van der Waals surface area contributed by atoms with E-state index in [4.69, 9.17) is 17.5 Å². The summed E-state index contributed by atoms with van der Waals surface area (Å²) in [5, 5.41) is 0. The molecule has 5 nitrogen and oxygen atoms in total. The summed E-state index contributed by atoms with van der Waals surface area (Å²) in [4.78, 5) is 0. The maximum absolute atomic E-state index is 8.74. The van der Waals surface area contributed by atoms with E-state index < -0.39 is 10.4 Å². The van der Waals surface area contributed by atoms with Gasteiger partial charge in [0.25, 0.3) is 0 Å². The summed E-state index contributed by atoms with van der Waals surface area (Å²) in [6.07, 6.45) is 2.67. The van der Waals surface area contributed by atoms with E-state index in [-0.39, 0.29) is 0 Å². The second-order valence-electron chi connectivity index (χ2n) is 3.82. The molecule has 0 aromatic rings. The van der Waals surface area contributed by atoms with Crippen molar-refractivity contribution >= 4 is 10.4 Å². The summed E-state index contributed by atoms with van der Waals surface area (Å²) < 4.78 is 32.7. The number of hydrogen-bond donors (Lipinski definition) is 2. The van der Waals surface area contributed by atoms with Crippen LogP contribution in [0.3, 0.4) is 0 Å². The lowest BCUT2D eigenvalue weighted by Gasteiger charge is -2.23. The maximum atomic E-state index is 8.74. The Morgan fingerprint density at radius 1 is 1.15 bits per heavy atom. The number of nitrogens with zero attached hydrogens (tertiary/aromatic N) is 1. The first-order valence-electron chi connectivity index (χ1n) is 4.06. The van der Waals surface area contributed by atoms with Gasteiger partial charge in [-0.15, -0.1) is 0 Å². The van der Waals surface area contributed by atoms with Crippen LogP contribution >= 0.6 is 0 Å². The number of rotatable bonds is 3. The molecule has 0 atom stereocenters. The zero-order chi connectivity index (χ0) is 11.1. The van der Waals surface area contributed by atoms with Gasteiger partial charge >= 0.3 is 10.4 Å². The van der Waals surface area contributed by atoms with Crippen molar-refractivity contribution in [1.29, 1.82) is 0 Å². The van der Waals surface area contributed by atoms with Crippen molar-refractivity contribution in [3.05, 3.63) is 0 Å². The van der Waals surface area contributed by atoms with Gasteiger partial charge in [0.05, 0.1) is 27.7 Å². The highest BCUT2D eigenvalue weighted by Gasteiger charge is 2.02. The number of quaternary nitrogens is 1. The molecule has 0 heterocycles. The molecule has 0 amide bonds. The first-order valence-corrected chi connectivity index (χ1v) is 5.46. The lowest BCUT2D eigenvalue weighted by Crippen LogP contribution is -2.35. The highest BCUT2D eigenvalue weighted by Crippen LogP contribution is 1.95. The Balaban J connectivity index is 0. The molecule has 0 unspecified atom stereocenters. The van der Waals surface area contributed by atoms with Crippen LogP contribution in [0.4, 0.5) is 0 Å². The highest BCUT2D eigenvalue weighted by molar-refractivity contribution is 7.79. The standard InChI is InChI=1S/C7H18N.H2O4S/c1-5-6-7-8(2,3)4;1-5(2,3)4/h5-7H2,1-4H3;(H2,1,2,3,4)/q+1;. The fourth-order valence-electron chi connectivity index (χ4n) is 0.632. The van der Waals surface area contributed by atoms with Crippen LogP contribution in [-0.4, -0.2) is 49.7 Å². The highest BCUT2D eigenvalue weighted by atomic mass is 32.3. The second-order valence-corrected chi connectivity index (χ2v) is 4.71. The average Bonchev–Trinajstić information content (AvgIpc) is 1.77. The largest absolute Gasteiger partial charge is 0.394 e. The third-order valence-electron chi connectivity index (χ3n) is 1.18. The first-order chi connectivity index (χ1) is 5.56. The molecule has 0 rings (SSSR count). The summed E-state index contributed by atoms with van der Waals surface area (Å²) >= 11 is 0. The van der Waals surface area contributed by atoms with Crippen LogP contribution in [0.25, 0.3) is 0 Å². The fraction of sp³-hybridized carbons (Fsp3) is 1.00. The Morgan fingerprint density at radius 2 is 1.46 bits per heavy atom. The van der Waals surface area contributed by atoms with E-state index in [0.29, 0.717) is 0 Å². The van der Waals surface area contributed by atoms with Gasteiger partial charge in [0, 0.05) is 0 Å². The van der Waals surface area contributed by atoms with Gasteiger partial charge in [0.2, 0.25) is 0 Å². The van der Waals surface area contributed by atoms with Crippen molar-refractivity contribution in [1.82, 2.24) is 0 Å². The van der Waals surface area contributed by atoms with Crippen molar-refractivity contribution < 1.29 is 22.0 Å². The van der Waals surface area contributed by atoms with Crippen LogP contribution in [0.15, 0.2) is 0 Å². The van der Waals surface area contributed by atoms with Crippen LogP contribution in [0.2, 0.25) is 0 Å². The third kappa shape index (κ3) is 49.0. The minimum Gasteiger partial charge on any atom is -0.331 e. The predicted molar refractivity (Wildman–Crippen MR) is 52.0 cm³/mol. The smallest absolute Gasteiger partial charge is 0.331 e. The molecule has 0 aliphatic heterocycles. The molecule has 0 aliphatic carbocycles. The topological polar surface area (TPSA) is 74.6 Å². The normalized spacial score (nSPS) is 11.8. The molecule has 0 aliphatic rings. The minimum atomic E-state index is -4.67. The van der Waals surface area contributed by atoms with Crippen LogP contribution in [0.1, 0.15) is 19.8 Å². The van der Waals surface area contributed by atoms with Gasteiger partial charge in [-0.1, -0.05) is 13.3 Å². The van der Waals surface area contributed by atoms with Crippen molar-refractivity contribution in [2.45, 2.75) is 19.8 Å². The van der Waals surface area contributed by atoms with Crippen LogP contribution in [-0.2, 0) is 10.4 Å². The fourth-order valence-corrected chi connectivity index (χ4v) is 0.632. The maximum Gasteiger partial charge on any atom is 0.394 e. The van der Waals surface area contributed by atoms with Crippen molar-refractivity contribution in [3.63, 3.8) is 0 Å². The summed E-state index contributed by atoms with van der Waals surface area (Å²) in [6, 6.07) is 0. The average molecular weight is 214 g/mol. The van der Waals surface area contributed by atoms with E-state index in [9.17, 15) is 0 Å². The summed E-state index contributed by atoms with van der Waals surface area (Å²) in [6.45, 7) is 3.53. The second kappa shape index (κ2) is 6.31. The zero-order valence-corrected chi connectivity index (χ0v) is 9.50. The SMILES string of the molecule is CCCC[N+](C)(C)C.O=S(=O)(O)O. The molecule has 0 spiro atoms. The first kappa shape index (κ1) is 15.3. The van der Waals surface area contributed by atoms with Crippen molar-refractivity contribution in [2.24, 2.45) is 0 Å². The Hall–Kier alpha value is -0.170. The van der Waals surface area contributed by atoms with Gasteiger partial charge < -0.3 is 4.48 Å². The molecule has 0 aromatic heterocycles. The Labute approximate surface area is 80.5 Å². The summed E-state index contributed by atoms with van der Waals surface area (Å²) in [5.74, 6) is 0. The summed E-state index contributed by atoms with van der Waals surface area (Å²) in [5.41, 5.74) is 0. The molecule has 6 heteroatoms. The molecular formula is C7H20NO4S+. The van der Waals surface area contributed by atoms with E-state index in [1.807, 2.05) is 0 Å². The van der Waals surface area contributed by atoms with Gasteiger partial charge in [-0.3, -0.25) is 9.11 Å². The Kier molecular flexibility index (Phi) is 7.43. The Bertz CT molecular complexity index is 197. The summed E-state index contributed by atoms with van der Waals surface area (Å²) in [7, 11) is 2.03. The van der Waals surface area contributed by atoms with Gasteiger partial charge in [0.1, 0.15) is 0 Å². The van der Waals surface area contributed by atoms with Crippen LogP contribution < -0.4 is 0 Å². The third-order valence-corrected chi connectivity index (χ3v) is 1.18. The van der Waals surface area contributed by atoms with Crippen molar-refractivity contribution in [3.8, 4) is 0 Å². The van der Waals surface area contributed by atoms with Gasteiger partial charge in [-0.05, 0) is 6.42 Å². The Morgan fingerprint density at radius 3 is 1.54 bits per heavy atom. The van der Waals surface area contributed by atoms with Crippen molar-refractivity contribution in [2.75, 3.05) is 27.7 Å². The van der Waals surface area contributed by atoms with Gasteiger partial charge in [0.15, 0.2) is 0 Å². The van der Waals surface area contributed by atoms with E-state index in [0.717, 1.165) is 4.48 Å². The molecule has 0 radical (unpaired) electrons. The molecule has 82 valence electrons. The van der Waals surface area contributed by atoms with Gasteiger partial charge in [-0.2, -0.15) is 8.42 Å². The molecule has 0 aromatic carbocycles. The zero-order valence-electron chi connectivity index (χ0n) is 8.69. The van der Waals surface area contributed by atoms with E-state index >= 15 is 0 Å². The number of hydrogen-bond acceptors (Lipinski definition) is 2. The molecule has 2 N–H and O–H groups in total. The monoisotopic (exact) mass is 214 g/mol. The lowest BCUT2D eigenvalue weighted by atomic mass is 10.3. The van der Waals surface area contributed by atoms with Gasteiger partial charge in [-0.25, -0.2) is 0 Å².